The summed E-state index contributed by atoms with van der Waals surface area (Å²) in [5.41, 5.74) is -1.29. The third-order valence-electron chi connectivity index (χ3n) is 3.24. The van der Waals surface area contributed by atoms with E-state index in [-0.39, 0.29) is 0 Å². The van der Waals surface area contributed by atoms with Crippen LogP contribution in [0.25, 0.3) is 0 Å². The first-order valence-corrected chi connectivity index (χ1v) is 10.4. The highest BCUT2D eigenvalue weighted by Crippen LogP contribution is 2.16. The van der Waals surface area contributed by atoms with E-state index in [1.54, 1.807) is 41.5 Å². The summed E-state index contributed by atoms with van der Waals surface area (Å²) in [6, 6.07) is 0. The van der Waals surface area contributed by atoms with Gasteiger partial charge in [0.05, 0.1) is 0 Å². The number of halogens is 1. The minimum atomic E-state index is -0.646. The molecule has 0 aliphatic heterocycles. The van der Waals surface area contributed by atoms with Crippen LogP contribution in [0.4, 0.5) is 9.59 Å². The van der Waals surface area contributed by atoms with E-state index in [4.69, 9.17) is 9.47 Å². The van der Waals surface area contributed by atoms with E-state index in [9.17, 15) is 9.59 Å². The van der Waals surface area contributed by atoms with Gasteiger partial charge < -0.3 is 9.47 Å². The predicted octanol–water partition coefficient (Wildman–Crippen LogP) is 6.28. The summed E-state index contributed by atoms with van der Waals surface area (Å²) in [5.74, 6) is 0. The second kappa shape index (κ2) is 11.8. The van der Waals surface area contributed by atoms with Gasteiger partial charge >= 0.3 is 12.2 Å². The molecule has 0 rings (SSSR count). The highest BCUT2D eigenvalue weighted by atomic mass is 79.9. The normalized spacial score (nSPS) is 12.0. The molecule has 0 saturated heterocycles. The third kappa shape index (κ3) is 14.1. The molecule has 0 heterocycles. The number of hydrogen-bond donors (Lipinski definition) is 0. The molecule has 0 atom stereocenters. The molecule has 148 valence electrons. The van der Waals surface area contributed by atoms with Gasteiger partial charge in [0.2, 0.25) is 0 Å². The number of unbranched alkanes of at least 4 members (excludes halogenated alkanes) is 6. The Kier molecular flexibility index (Phi) is 11.4. The average Bonchev–Trinajstić information content (AvgIpc) is 2.41. The van der Waals surface area contributed by atoms with E-state index >= 15 is 0 Å². The van der Waals surface area contributed by atoms with Gasteiger partial charge in [-0.05, 0) is 54.4 Å². The van der Waals surface area contributed by atoms with Gasteiger partial charge in [0.1, 0.15) is 11.2 Å². The topological polar surface area (TPSA) is 55.8 Å². The highest BCUT2D eigenvalue weighted by Gasteiger charge is 2.30. The predicted molar refractivity (Wildman–Crippen MR) is 105 cm³/mol. The number of ether oxygens (including phenoxy) is 2. The van der Waals surface area contributed by atoms with Gasteiger partial charge in [-0.25, -0.2) is 14.5 Å². The zero-order valence-electron chi connectivity index (χ0n) is 16.8. The molecule has 0 fully saturated rings. The number of imide groups is 1. The van der Waals surface area contributed by atoms with Crippen molar-refractivity contribution >= 4 is 28.1 Å². The first-order chi connectivity index (χ1) is 11.5. The van der Waals surface area contributed by atoms with Crippen LogP contribution in [-0.2, 0) is 9.47 Å². The molecule has 0 bridgehead atoms. The number of hydrogen-bond acceptors (Lipinski definition) is 4. The molecule has 0 unspecified atom stereocenters. The SMILES string of the molecule is CC(C)(C)OC(=O)N(CCCCCCCCCBr)C(=O)OC(C)(C)C. The molecule has 0 aliphatic rings. The number of alkyl halides is 1. The molecular weight excluding hydrogens is 386 g/mol. The molecule has 0 radical (unpaired) electrons. The van der Waals surface area contributed by atoms with Crippen LogP contribution in [0, 0.1) is 0 Å². The van der Waals surface area contributed by atoms with Crippen LogP contribution < -0.4 is 0 Å². The Hall–Kier alpha value is -0.780. The Balaban J connectivity index is 4.45. The molecule has 0 aromatic carbocycles. The standard InChI is InChI=1S/C19H36BrNO4/c1-18(2,3)24-16(22)21(17(23)25-19(4,5)6)15-13-11-9-7-8-10-12-14-20/h7-15H2,1-6H3. The maximum absolute atomic E-state index is 12.3. The van der Waals surface area contributed by atoms with Crippen LogP contribution in [-0.4, -0.2) is 40.2 Å². The Labute approximate surface area is 161 Å². The molecule has 25 heavy (non-hydrogen) atoms. The van der Waals surface area contributed by atoms with Crippen molar-refractivity contribution in [3.63, 3.8) is 0 Å². The fraction of sp³-hybridized carbons (Fsp3) is 0.895. The van der Waals surface area contributed by atoms with Crippen molar-refractivity contribution in [2.75, 3.05) is 11.9 Å². The lowest BCUT2D eigenvalue weighted by atomic mass is 10.1. The van der Waals surface area contributed by atoms with Crippen molar-refractivity contribution in [3.8, 4) is 0 Å². The van der Waals surface area contributed by atoms with Crippen LogP contribution in [0.2, 0.25) is 0 Å². The molecule has 0 aromatic heterocycles. The molecule has 5 nitrogen and oxygen atoms in total. The largest absolute Gasteiger partial charge is 0.443 e. The minimum Gasteiger partial charge on any atom is -0.443 e. The average molecular weight is 422 g/mol. The van der Waals surface area contributed by atoms with Crippen LogP contribution in [0.1, 0.15) is 86.5 Å². The molecule has 0 spiro atoms. The molecule has 0 aromatic rings. The van der Waals surface area contributed by atoms with Gasteiger partial charge in [-0.2, -0.15) is 0 Å². The van der Waals surface area contributed by atoms with E-state index in [1.165, 1.54) is 25.7 Å². The Morgan fingerprint density at radius 1 is 0.720 bits per heavy atom. The second-order valence-electron chi connectivity index (χ2n) is 8.28. The van der Waals surface area contributed by atoms with Crippen molar-refractivity contribution in [1.82, 2.24) is 4.90 Å². The number of carbonyl (C=O) groups is 2. The van der Waals surface area contributed by atoms with E-state index in [0.29, 0.717) is 6.54 Å². The molecule has 0 N–H and O–H groups in total. The second-order valence-corrected chi connectivity index (χ2v) is 9.07. The van der Waals surface area contributed by atoms with Crippen LogP contribution in [0.15, 0.2) is 0 Å². The number of amides is 2. The Morgan fingerprint density at radius 2 is 1.08 bits per heavy atom. The monoisotopic (exact) mass is 421 g/mol. The lowest BCUT2D eigenvalue weighted by Gasteiger charge is -2.28. The maximum atomic E-state index is 12.3. The number of carbonyl (C=O) groups excluding carboxylic acids is 2. The van der Waals surface area contributed by atoms with Gasteiger partial charge in [0, 0.05) is 11.9 Å². The molecule has 0 aliphatic carbocycles. The fourth-order valence-electron chi connectivity index (χ4n) is 2.14. The molecule has 6 heteroatoms. The van der Waals surface area contributed by atoms with Crippen molar-refractivity contribution < 1.29 is 19.1 Å². The summed E-state index contributed by atoms with van der Waals surface area (Å²) in [4.78, 5) is 25.7. The van der Waals surface area contributed by atoms with E-state index in [2.05, 4.69) is 15.9 Å². The summed E-state index contributed by atoms with van der Waals surface area (Å²) < 4.78 is 10.7. The van der Waals surface area contributed by atoms with E-state index < -0.39 is 23.4 Å². The lowest BCUT2D eigenvalue weighted by molar-refractivity contribution is 0.00118. The summed E-state index contributed by atoms with van der Waals surface area (Å²) in [6.45, 7) is 11.0. The minimum absolute atomic E-state index is 0.325. The maximum Gasteiger partial charge on any atom is 0.419 e. The van der Waals surface area contributed by atoms with Gasteiger partial charge in [-0.1, -0.05) is 48.0 Å². The lowest BCUT2D eigenvalue weighted by Crippen LogP contribution is -2.44. The molecular formula is C19H36BrNO4. The van der Waals surface area contributed by atoms with E-state index in [1.807, 2.05) is 0 Å². The van der Waals surface area contributed by atoms with Gasteiger partial charge in [-0.15, -0.1) is 0 Å². The number of rotatable bonds is 9. The van der Waals surface area contributed by atoms with Crippen LogP contribution in [0.5, 0.6) is 0 Å². The third-order valence-corrected chi connectivity index (χ3v) is 3.80. The van der Waals surface area contributed by atoms with Crippen molar-refractivity contribution in [2.24, 2.45) is 0 Å². The van der Waals surface area contributed by atoms with Gasteiger partial charge in [0.25, 0.3) is 0 Å². The zero-order chi connectivity index (χ0) is 19.5. The molecule has 0 saturated carbocycles. The fourth-order valence-corrected chi connectivity index (χ4v) is 2.54. The van der Waals surface area contributed by atoms with Gasteiger partial charge in [0.15, 0.2) is 0 Å². The van der Waals surface area contributed by atoms with E-state index in [0.717, 1.165) is 29.5 Å². The summed E-state index contributed by atoms with van der Waals surface area (Å²) in [6.07, 6.45) is 6.45. The van der Waals surface area contributed by atoms with Crippen LogP contribution in [0.3, 0.4) is 0 Å². The van der Waals surface area contributed by atoms with Crippen molar-refractivity contribution in [3.05, 3.63) is 0 Å². The van der Waals surface area contributed by atoms with Crippen molar-refractivity contribution in [1.29, 1.82) is 0 Å². The highest BCUT2D eigenvalue weighted by molar-refractivity contribution is 9.09. The summed E-state index contributed by atoms with van der Waals surface area (Å²) >= 11 is 3.43. The number of nitrogens with zero attached hydrogens (tertiary/aromatic N) is 1. The quantitative estimate of drug-likeness (QED) is 0.324. The Morgan fingerprint density at radius 3 is 1.44 bits per heavy atom. The van der Waals surface area contributed by atoms with Crippen molar-refractivity contribution in [2.45, 2.75) is 97.7 Å². The van der Waals surface area contributed by atoms with Gasteiger partial charge in [-0.3, -0.25) is 0 Å². The Bertz CT molecular complexity index is 371. The zero-order valence-corrected chi connectivity index (χ0v) is 18.4. The molecule has 2 amide bonds. The first kappa shape index (κ1) is 24.2. The smallest absolute Gasteiger partial charge is 0.419 e. The summed E-state index contributed by atoms with van der Waals surface area (Å²) in [5, 5.41) is 1.06. The first-order valence-electron chi connectivity index (χ1n) is 9.26. The van der Waals surface area contributed by atoms with Crippen LogP contribution >= 0.6 is 15.9 Å². The summed E-state index contributed by atoms with van der Waals surface area (Å²) in [7, 11) is 0.